The molecule has 3 fully saturated rings. The summed E-state index contributed by atoms with van der Waals surface area (Å²) < 4.78 is 5.94. The van der Waals surface area contributed by atoms with Crippen molar-refractivity contribution in [2.24, 2.45) is 5.92 Å². The highest BCUT2D eigenvalue weighted by molar-refractivity contribution is 5.77. The Labute approximate surface area is 171 Å². The summed E-state index contributed by atoms with van der Waals surface area (Å²) in [6, 6.07) is 9.77. The third-order valence-corrected chi connectivity index (χ3v) is 6.53. The molecule has 1 saturated carbocycles. The molecule has 7 heteroatoms. The van der Waals surface area contributed by atoms with Gasteiger partial charge in [-0.05, 0) is 37.2 Å². The quantitative estimate of drug-likeness (QED) is 0.666. The lowest BCUT2D eigenvalue weighted by molar-refractivity contribution is -0.140. The van der Waals surface area contributed by atoms with Gasteiger partial charge in [-0.2, -0.15) is 5.06 Å². The molecule has 0 N–H and O–H groups in total. The minimum absolute atomic E-state index is 0.0901. The van der Waals surface area contributed by atoms with Crippen LogP contribution in [0.25, 0.3) is 0 Å². The molecule has 7 nitrogen and oxygen atoms in total. The highest BCUT2D eigenvalue weighted by atomic mass is 16.7. The van der Waals surface area contributed by atoms with Crippen molar-refractivity contribution in [3.05, 3.63) is 47.7 Å². The van der Waals surface area contributed by atoms with Gasteiger partial charge in [0, 0.05) is 13.0 Å². The molecule has 2 amide bonds. The van der Waals surface area contributed by atoms with Gasteiger partial charge >= 0.3 is 6.03 Å². The van der Waals surface area contributed by atoms with Crippen LogP contribution in [0.2, 0.25) is 0 Å². The van der Waals surface area contributed by atoms with E-state index in [1.54, 1.807) is 5.06 Å². The number of piperidine rings is 1. The van der Waals surface area contributed by atoms with Crippen LogP contribution in [0.5, 0.6) is 0 Å². The molecule has 2 aromatic rings. The molecule has 1 aromatic carbocycles. The summed E-state index contributed by atoms with van der Waals surface area (Å²) >= 11 is 0. The number of hydroxylamine groups is 2. The molecule has 5 rings (SSSR count). The van der Waals surface area contributed by atoms with Crippen LogP contribution < -0.4 is 0 Å². The van der Waals surface area contributed by atoms with Crippen LogP contribution in [0, 0.1) is 5.92 Å². The zero-order valence-corrected chi connectivity index (χ0v) is 16.7. The predicted molar refractivity (Wildman–Crippen MR) is 106 cm³/mol. The fourth-order valence-corrected chi connectivity index (χ4v) is 4.60. The number of benzene rings is 1. The Hall–Kier alpha value is -2.41. The Morgan fingerprint density at radius 2 is 1.97 bits per heavy atom. The third-order valence-electron chi connectivity index (χ3n) is 6.53. The molecule has 0 unspecified atom stereocenters. The number of fused-ring (bicyclic) bond motifs is 2. The summed E-state index contributed by atoms with van der Waals surface area (Å²) in [5, 5.41) is 10.1. The molecule has 3 heterocycles. The number of amides is 2. The van der Waals surface area contributed by atoms with Gasteiger partial charge in [-0.3, -0.25) is 4.84 Å². The van der Waals surface area contributed by atoms with Gasteiger partial charge in [0.25, 0.3) is 0 Å². The fraction of sp³-hybridized carbons (Fsp3) is 0.591. The van der Waals surface area contributed by atoms with Gasteiger partial charge in [-0.1, -0.05) is 49.6 Å². The van der Waals surface area contributed by atoms with Gasteiger partial charge in [-0.25, -0.2) is 4.79 Å². The van der Waals surface area contributed by atoms with E-state index in [1.165, 1.54) is 25.7 Å². The average molecular weight is 396 g/mol. The third kappa shape index (κ3) is 3.88. The van der Waals surface area contributed by atoms with Gasteiger partial charge in [0.05, 0.1) is 6.04 Å². The Balaban J connectivity index is 1.18. The largest absolute Gasteiger partial charge is 0.423 e. The molecule has 2 atom stereocenters. The van der Waals surface area contributed by atoms with E-state index in [1.807, 2.05) is 35.2 Å². The molecule has 2 saturated heterocycles. The summed E-state index contributed by atoms with van der Waals surface area (Å²) in [7, 11) is 0. The average Bonchev–Trinajstić information content (AvgIpc) is 3.27. The zero-order chi connectivity index (χ0) is 19.6. The van der Waals surface area contributed by atoms with E-state index in [2.05, 4.69) is 10.2 Å². The van der Waals surface area contributed by atoms with Crippen LogP contribution in [0.1, 0.15) is 68.3 Å². The second kappa shape index (κ2) is 8.14. The molecule has 2 bridgehead atoms. The predicted octanol–water partition coefficient (Wildman–Crippen LogP) is 4.27. The molecule has 2 aliphatic heterocycles. The van der Waals surface area contributed by atoms with E-state index >= 15 is 0 Å². The SMILES string of the molecule is O=C1N2C[C@@H](CC[C@H]2c2nnc(CCCC3CCC3)o2)N1OCc1ccccc1. The summed E-state index contributed by atoms with van der Waals surface area (Å²) in [5.41, 5.74) is 1.05. The lowest BCUT2D eigenvalue weighted by Gasteiger charge is -2.27. The van der Waals surface area contributed by atoms with Gasteiger partial charge in [0.1, 0.15) is 12.6 Å². The first-order valence-electron chi connectivity index (χ1n) is 10.9. The van der Waals surface area contributed by atoms with Gasteiger partial charge < -0.3 is 9.32 Å². The lowest BCUT2D eigenvalue weighted by Crippen LogP contribution is -2.34. The van der Waals surface area contributed by atoms with Crippen molar-refractivity contribution in [2.75, 3.05) is 6.54 Å². The standard InChI is InChI=1S/C22H28N4O3/c27-22-25-14-18(26(22)28-15-17-6-2-1-3-7-17)12-13-19(25)21-24-23-20(29-21)11-5-10-16-8-4-9-16/h1-3,6-7,16,18-19H,4-5,8-15H2/t18-,19+/m1/s1. The molecule has 3 aliphatic rings. The maximum atomic E-state index is 12.9. The summed E-state index contributed by atoms with van der Waals surface area (Å²) in [6.45, 7) is 1.05. The van der Waals surface area contributed by atoms with Crippen molar-refractivity contribution in [1.82, 2.24) is 20.2 Å². The zero-order valence-electron chi connectivity index (χ0n) is 16.7. The van der Waals surface area contributed by atoms with Crippen LogP contribution in [0.3, 0.4) is 0 Å². The minimum atomic E-state index is -0.142. The first-order valence-corrected chi connectivity index (χ1v) is 10.9. The van der Waals surface area contributed by atoms with Crippen molar-refractivity contribution in [3.8, 4) is 0 Å². The Morgan fingerprint density at radius 3 is 2.76 bits per heavy atom. The number of rotatable bonds is 8. The van der Waals surface area contributed by atoms with Crippen LogP contribution in [-0.2, 0) is 17.9 Å². The molecular formula is C22H28N4O3. The summed E-state index contributed by atoms with van der Waals surface area (Å²) in [4.78, 5) is 20.6. The molecule has 1 aliphatic carbocycles. The number of hydrogen-bond acceptors (Lipinski definition) is 5. The highest BCUT2D eigenvalue weighted by Gasteiger charge is 2.47. The Kier molecular flexibility index (Phi) is 5.23. The van der Waals surface area contributed by atoms with Crippen molar-refractivity contribution in [2.45, 2.75) is 70.1 Å². The van der Waals surface area contributed by atoms with E-state index in [0.29, 0.717) is 24.9 Å². The fourth-order valence-electron chi connectivity index (χ4n) is 4.60. The second-order valence-electron chi connectivity index (χ2n) is 8.49. The van der Waals surface area contributed by atoms with Crippen LogP contribution in [-0.4, -0.2) is 38.8 Å². The van der Waals surface area contributed by atoms with E-state index < -0.39 is 0 Å². The molecular weight excluding hydrogens is 368 g/mol. The number of carbonyl (C=O) groups excluding carboxylic acids is 1. The smallest absolute Gasteiger partial charge is 0.345 e. The van der Waals surface area contributed by atoms with Gasteiger partial charge in [-0.15, -0.1) is 10.2 Å². The molecule has 0 radical (unpaired) electrons. The first kappa shape index (κ1) is 18.6. The minimum Gasteiger partial charge on any atom is -0.423 e. The van der Waals surface area contributed by atoms with Crippen molar-refractivity contribution < 1.29 is 14.0 Å². The second-order valence-corrected chi connectivity index (χ2v) is 8.49. The molecule has 154 valence electrons. The Bertz CT molecular complexity index is 836. The summed E-state index contributed by atoms with van der Waals surface area (Å²) in [6.07, 6.45) is 9.01. The van der Waals surface area contributed by atoms with Gasteiger partial charge in [0.15, 0.2) is 0 Å². The number of aromatic nitrogens is 2. The maximum Gasteiger partial charge on any atom is 0.345 e. The monoisotopic (exact) mass is 396 g/mol. The first-order chi connectivity index (χ1) is 14.3. The van der Waals surface area contributed by atoms with E-state index in [0.717, 1.165) is 37.2 Å². The van der Waals surface area contributed by atoms with E-state index in [-0.39, 0.29) is 18.1 Å². The Morgan fingerprint density at radius 1 is 1.10 bits per heavy atom. The maximum absolute atomic E-state index is 12.9. The molecule has 29 heavy (non-hydrogen) atoms. The molecule has 0 spiro atoms. The van der Waals surface area contributed by atoms with Crippen molar-refractivity contribution in [3.63, 3.8) is 0 Å². The van der Waals surface area contributed by atoms with Gasteiger partial charge in [0.2, 0.25) is 11.8 Å². The number of carbonyl (C=O) groups is 1. The van der Waals surface area contributed by atoms with Crippen LogP contribution >= 0.6 is 0 Å². The molecule has 1 aromatic heterocycles. The number of hydrogen-bond donors (Lipinski definition) is 0. The van der Waals surface area contributed by atoms with Crippen molar-refractivity contribution >= 4 is 6.03 Å². The highest BCUT2D eigenvalue weighted by Crippen LogP contribution is 2.38. The lowest BCUT2D eigenvalue weighted by atomic mass is 9.82. The van der Waals surface area contributed by atoms with Crippen LogP contribution in [0.4, 0.5) is 4.79 Å². The number of nitrogens with zero attached hydrogens (tertiary/aromatic N) is 4. The normalized spacial score (nSPS) is 24.2. The van der Waals surface area contributed by atoms with Crippen LogP contribution in [0.15, 0.2) is 34.7 Å². The number of urea groups is 1. The number of aryl methyl sites for hydroxylation is 1. The van der Waals surface area contributed by atoms with E-state index in [9.17, 15) is 4.79 Å². The topological polar surface area (TPSA) is 71.7 Å². The summed E-state index contributed by atoms with van der Waals surface area (Å²) in [5.74, 6) is 2.17. The van der Waals surface area contributed by atoms with Crippen molar-refractivity contribution in [1.29, 1.82) is 0 Å². The van der Waals surface area contributed by atoms with E-state index in [4.69, 9.17) is 9.25 Å².